The van der Waals surface area contributed by atoms with Crippen molar-refractivity contribution in [3.63, 3.8) is 0 Å². The van der Waals surface area contributed by atoms with E-state index in [4.69, 9.17) is 10.4 Å². The minimum atomic E-state index is -0.816. The Hall–Kier alpha value is -4.00. The van der Waals surface area contributed by atoms with Crippen molar-refractivity contribution in [1.29, 1.82) is 5.41 Å². The van der Waals surface area contributed by atoms with Crippen molar-refractivity contribution in [1.82, 2.24) is 20.2 Å². The first-order valence-electron chi connectivity index (χ1n) is 11.3. The maximum Gasteiger partial charge on any atom is 0.251 e. The van der Waals surface area contributed by atoms with E-state index < -0.39 is 6.67 Å². The number of nitrogens with zero attached hydrogens (tertiary/aromatic N) is 2. The number of hydrogen-bond donors (Lipinski definition) is 3. The summed E-state index contributed by atoms with van der Waals surface area (Å²) < 4.78 is 14.5. The molecule has 0 fully saturated rings. The lowest BCUT2D eigenvalue weighted by molar-refractivity contribution is 0.0932. The van der Waals surface area contributed by atoms with Crippen molar-refractivity contribution < 1.29 is 9.18 Å². The van der Waals surface area contributed by atoms with Gasteiger partial charge in [-0.1, -0.05) is 54.6 Å². The molecular formula is C27H28FN5O. The fourth-order valence-electron chi connectivity index (χ4n) is 4.02. The van der Waals surface area contributed by atoms with Crippen molar-refractivity contribution in [3.8, 4) is 11.1 Å². The van der Waals surface area contributed by atoms with Gasteiger partial charge in [0.05, 0.1) is 17.1 Å². The van der Waals surface area contributed by atoms with E-state index in [0.29, 0.717) is 24.9 Å². The van der Waals surface area contributed by atoms with E-state index >= 15 is 0 Å². The minimum absolute atomic E-state index is 0.137. The number of amides is 1. The Bertz CT molecular complexity index is 1270. The summed E-state index contributed by atoms with van der Waals surface area (Å²) >= 11 is 0. The van der Waals surface area contributed by atoms with Crippen LogP contribution in [0, 0.1) is 5.41 Å². The molecule has 1 heterocycles. The molecule has 0 aliphatic rings. The van der Waals surface area contributed by atoms with Gasteiger partial charge >= 0.3 is 0 Å². The van der Waals surface area contributed by atoms with E-state index in [1.54, 1.807) is 0 Å². The molecule has 1 unspecified atom stereocenters. The molecule has 6 nitrogen and oxygen atoms in total. The van der Waals surface area contributed by atoms with Crippen LogP contribution in [0.25, 0.3) is 22.2 Å². The Morgan fingerprint density at radius 1 is 1.00 bits per heavy atom. The van der Waals surface area contributed by atoms with Crippen molar-refractivity contribution in [2.24, 2.45) is 7.05 Å². The summed E-state index contributed by atoms with van der Waals surface area (Å²) in [5, 5.41) is 13.3. The molecule has 7 heteroatoms. The van der Waals surface area contributed by atoms with Crippen LogP contribution in [-0.2, 0) is 7.05 Å². The molecule has 1 aromatic heterocycles. The largest absolute Gasteiger partial charge is 0.372 e. The smallest absolute Gasteiger partial charge is 0.251 e. The Kier molecular flexibility index (Phi) is 7.32. The van der Waals surface area contributed by atoms with E-state index in [1.165, 1.54) is 0 Å². The molecule has 0 saturated heterocycles. The van der Waals surface area contributed by atoms with E-state index in [9.17, 15) is 9.18 Å². The number of aryl methyl sites for hydroxylation is 1. The van der Waals surface area contributed by atoms with Crippen LogP contribution in [0.3, 0.4) is 0 Å². The summed E-state index contributed by atoms with van der Waals surface area (Å²) in [6, 6.07) is 25.1. The lowest BCUT2D eigenvalue weighted by Gasteiger charge is -2.19. The SMILES string of the molecule is Cn1c(C(CCCNC(=N)CF)NC(=O)c2ccc(-c3ccccc3)cc2)nc2ccccc21. The number of aromatic nitrogens is 2. The lowest BCUT2D eigenvalue weighted by atomic mass is 10.0. The highest BCUT2D eigenvalue weighted by molar-refractivity contribution is 5.95. The van der Waals surface area contributed by atoms with Crippen LogP contribution in [0.2, 0.25) is 0 Å². The fourth-order valence-corrected chi connectivity index (χ4v) is 4.02. The molecular weight excluding hydrogens is 429 g/mol. The van der Waals surface area contributed by atoms with Gasteiger partial charge in [-0.05, 0) is 48.2 Å². The molecule has 174 valence electrons. The summed E-state index contributed by atoms with van der Waals surface area (Å²) in [6.07, 6.45) is 1.24. The Labute approximate surface area is 198 Å². The summed E-state index contributed by atoms with van der Waals surface area (Å²) in [6.45, 7) is -0.366. The summed E-state index contributed by atoms with van der Waals surface area (Å²) in [4.78, 5) is 17.9. The minimum Gasteiger partial charge on any atom is -0.372 e. The maximum atomic E-state index is 13.1. The molecule has 4 aromatic rings. The third-order valence-corrected chi connectivity index (χ3v) is 5.83. The predicted molar refractivity (Wildman–Crippen MR) is 134 cm³/mol. The van der Waals surface area contributed by atoms with Crippen LogP contribution in [0.1, 0.15) is 35.1 Å². The molecule has 1 atom stereocenters. The molecule has 0 radical (unpaired) electrons. The Morgan fingerprint density at radius 3 is 2.38 bits per heavy atom. The second-order valence-corrected chi connectivity index (χ2v) is 8.17. The first-order valence-corrected chi connectivity index (χ1v) is 11.3. The van der Waals surface area contributed by atoms with Gasteiger partial charge < -0.3 is 15.2 Å². The molecule has 1 amide bonds. The number of halogens is 1. The zero-order valence-electron chi connectivity index (χ0n) is 19.1. The first-order chi connectivity index (χ1) is 16.6. The van der Waals surface area contributed by atoms with E-state index in [1.807, 2.05) is 90.5 Å². The second-order valence-electron chi connectivity index (χ2n) is 8.17. The zero-order chi connectivity index (χ0) is 23.9. The number of carbonyl (C=O) groups excluding carboxylic acids is 1. The number of fused-ring (bicyclic) bond motifs is 1. The zero-order valence-corrected chi connectivity index (χ0v) is 19.1. The van der Waals surface area contributed by atoms with Gasteiger partial charge in [0.15, 0.2) is 0 Å². The lowest BCUT2D eigenvalue weighted by Crippen LogP contribution is -2.31. The monoisotopic (exact) mass is 457 g/mol. The van der Waals surface area contributed by atoms with Crippen molar-refractivity contribution in [2.45, 2.75) is 18.9 Å². The molecule has 4 rings (SSSR count). The van der Waals surface area contributed by atoms with E-state index in [2.05, 4.69) is 10.6 Å². The number of hydrogen-bond acceptors (Lipinski definition) is 3. The number of rotatable bonds is 9. The van der Waals surface area contributed by atoms with Crippen molar-refractivity contribution >= 4 is 22.8 Å². The quantitative estimate of drug-likeness (QED) is 0.187. The van der Waals surface area contributed by atoms with Crippen LogP contribution in [-0.4, -0.2) is 34.5 Å². The van der Waals surface area contributed by atoms with Gasteiger partial charge in [-0.2, -0.15) is 0 Å². The molecule has 0 bridgehead atoms. The van der Waals surface area contributed by atoms with Crippen LogP contribution in [0.15, 0.2) is 78.9 Å². The maximum absolute atomic E-state index is 13.1. The first kappa shape index (κ1) is 23.2. The Morgan fingerprint density at radius 2 is 1.68 bits per heavy atom. The Balaban J connectivity index is 1.52. The molecule has 3 aromatic carbocycles. The second kappa shape index (κ2) is 10.7. The topological polar surface area (TPSA) is 82.8 Å². The number of carbonyl (C=O) groups is 1. The molecule has 0 aliphatic carbocycles. The molecule has 0 aliphatic heterocycles. The average molecular weight is 458 g/mol. The normalized spacial score (nSPS) is 11.8. The molecule has 0 saturated carbocycles. The predicted octanol–water partition coefficient (Wildman–Crippen LogP) is 5.03. The summed E-state index contributed by atoms with van der Waals surface area (Å²) in [7, 11) is 1.94. The van der Waals surface area contributed by atoms with Gasteiger partial charge in [-0.3, -0.25) is 10.2 Å². The number of benzene rings is 3. The van der Waals surface area contributed by atoms with Crippen molar-refractivity contribution in [2.75, 3.05) is 13.2 Å². The van der Waals surface area contributed by atoms with Gasteiger partial charge in [-0.25, -0.2) is 9.37 Å². The third kappa shape index (κ3) is 5.31. The average Bonchev–Trinajstić information content (AvgIpc) is 3.22. The van der Waals surface area contributed by atoms with Crippen LogP contribution in [0.4, 0.5) is 4.39 Å². The highest BCUT2D eigenvalue weighted by Crippen LogP contribution is 2.24. The van der Waals surface area contributed by atoms with Gasteiger partial charge in [0, 0.05) is 19.2 Å². The number of imidazole rings is 1. The number of amidine groups is 1. The number of alkyl halides is 1. The van der Waals surface area contributed by atoms with Gasteiger partial charge in [0.25, 0.3) is 5.91 Å². The molecule has 0 spiro atoms. The van der Waals surface area contributed by atoms with Crippen LogP contribution >= 0.6 is 0 Å². The van der Waals surface area contributed by atoms with Gasteiger partial charge in [0.2, 0.25) is 0 Å². The van der Waals surface area contributed by atoms with E-state index in [0.717, 1.165) is 28.0 Å². The molecule has 34 heavy (non-hydrogen) atoms. The standard InChI is InChI=1S/C27H28FN5O/c1-33-24-12-6-5-10-22(24)31-26(33)23(11-7-17-30-25(29)18-28)32-27(34)21-15-13-20(14-16-21)19-8-3-2-4-9-19/h2-6,8-10,12-16,23H,7,11,17-18H2,1H3,(H2,29,30)(H,32,34). The highest BCUT2D eigenvalue weighted by Gasteiger charge is 2.21. The van der Waals surface area contributed by atoms with Crippen LogP contribution < -0.4 is 10.6 Å². The summed E-state index contributed by atoms with van der Waals surface area (Å²) in [5.74, 6) is 0.443. The number of para-hydroxylation sites is 2. The highest BCUT2D eigenvalue weighted by atomic mass is 19.1. The summed E-state index contributed by atoms with van der Waals surface area (Å²) in [5.41, 5.74) is 4.56. The van der Waals surface area contributed by atoms with Crippen LogP contribution in [0.5, 0.6) is 0 Å². The van der Waals surface area contributed by atoms with Gasteiger partial charge in [-0.15, -0.1) is 0 Å². The fraction of sp³-hybridized carbons (Fsp3) is 0.222. The third-order valence-electron chi connectivity index (χ3n) is 5.83. The van der Waals surface area contributed by atoms with E-state index in [-0.39, 0.29) is 17.8 Å². The van der Waals surface area contributed by atoms with Crippen molar-refractivity contribution in [3.05, 3.63) is 90.3 Å². The van der Waals surface area contributed by atoms with Gasteiger partial charge in [0.1, 0.15) is 18.3 Å². The number of nitrogens with one attached hydrogen (secondary N) is 3. The molecule has 3 N–H and O–H groups in total.